The number of aryl methyl sites for hydroxylation is 2. The average Bonchev–Trinajstić information content (AvgIpc) is 4.03. The van der Waals surface area contributed by atoms with Crippen molar-refractivity contribution in [2.75, 3.05) is 0 Å². The van der Waals surface area contributed by atoms with Crippen molar-refractivity contribution in [1.29, 1.82) is 0 Å². The first-order valence-electron chi connectivity index (χ1n) is 22.7. The van der Waals surface area contributed by atoms with Gasteiger partial charge in [0.15, 0.2) is 0 Å². The fraction of sp³-hybridized carbons (Fsp3) is 0.170. The normalized spacial score (nSPS) is 20.6. The van der Waals surface area contributed by atoms with Crippen LogP contribution in [0.1, 0.15) is 57.9 Å². The van der Waals surface area contributed by atoms with Gasteiger partial charge in [0.25, 0.3) is 0 Å². The molecule has 0 aliphatic heterocycles. The van der Waals surface area contributed by atoms with E-state index >= 15 is 0 Å². The van der Waals surface area contributed by atoms with Gasteiger partial charge in [0.1, 0.15) is 5.58 Å². The summed E-state index contributed by atoms with van der Waals surface area (Å²) in [6.07, 6.45) is 7.96. The molecule has 3 unspecified atom stereocenters. The second-order valence-electron chi connectivity index (χ2n) is 14.9. The Kier molecular flexibility index (Phi) is 8.14. The third-order valence-corrected chi connectivity index (χ3v) is 11.5. The Morgan fingerprint density at radius 2 is 1.54 bits per heavy atom. The van der Waals surface area contributed by atoms with Crippen molar-refractivity contribution in [3.63, 3.8) is 0 Å². The number of aromatic nitrogens is 2. The van der Waals surface area contributed by atoms with E-state index in [1.165, 1.54) is 48.5 Å². The monoisotopic (exact) mass is 922 g/mol. The molecule has 0 amide bonds. The molecule has 3 aromatic heterocycles. The zero-order chi connectivity index (χ0) is 43.5. The molecule has 4 heteroatoms. The van der Waals surface area contributed by atoms with Crippen LogP contribution in [0.3, 0.4) is 0 Å². The summed E-state index contributed by atoms with van der Waals surface area (Å²) in [6, 6.07) is 51.5. The number of nitrogens with zero attached hydrogens (tertiary/aromatic N) is 2. The molecule has 57 heavy (non-hydrogen) atoms. The van der Waals surface area contributed by atoms with E-state index < -0.39 is 19.6 Å². The minimum absolute atomic E-state index is 0. The number of fused-ring (bicyclic) bond motifs is 7. The SMILES string of the molecule is [2H]C([2H])([2H])c1ccc(-c2[c-]cc(C([2H])([2H])[2H])c(-c3ccccc3)c2)nc1.[2H]C1(c2ccc(-c3ccnc(-c4[c-]ccc5c4oc4c6ccccc6ccc54)c3)cc2)CC2CCC1C2.[Ir]. The van der Waals surface area contributed by atoms with Crippen LogP contribution in [0.5, 0.6) is 0 Å². The van der Waals surface area contributed by atoms with Crippen LogP contribution in [0.15, 0.2) is 156 Å². The molecule has 3 heterocycles. The Morgan fingerprint density at radius 3 is 2.33 bits per heavy atom. The summed E-state index contributed by atoms with van der Waals surface area (Å²) in [6.45, 7) is -4.48. The zero-order valence-corrected chi connectivity index (χ0v) is 33.4. The summed E-state index contributed by atoms with van der Waals surface area (Å²) in [4.78, 5) is 8.92. The maximum absolute atomic E-state index is 9.18. The predicted octanol–water partition coefficient (Wildman–Crippen LogP) is 14.0. The zero-order valence-electron chi connectivity index (χ0n) is 38.1. The van der Waals surface area contributed by atoms with Crippen LogP contribution in [0, 0.1) is 37.7 Å². The van der Waals surface area contributed by atoms with Crippen LogP contribution in [0.25, 0.3) is 77.5 Å². The van der Waals surface area contributed by atoms with Gasteiger partial charge in [-0.1, -0.05) is 139 Å². The molecule has 0 saturated heterocycles. The van der Waals surface area contributed by atoms with Crippen molar-refractivity contribution >= 4 is 32.7 Å². The summed E-state index contributed by atoms with van der Waals surface area (Å²) in [7, 11) is 0. The number of hydrogen-bond acceptors (Lipinski definition) is 3. The summed E-state index contributed by atoms with van der Waals surface area (Å²) in [5, 5.41) is 4.48. The van der Waals surface area contributed by atoms with Crippen LogP contribution in [-0.4, -0.2) is 9.97 Å². The molecule has 2 aliphatic rings. The van der Waals surface area contributed by atoms with E-state index in [1.807, 2.05) is 42.6 Å². The maximum atomic E-state index is 9.18. The largest absolute Gasteiger partial charge is 0.500 e. The Labute approximate surface area is 358 Å². The number of benzene rings is 6. The Morgan fingerprint density at radius 1 is 0.684 bits per heavy atom. The van der Waals surface area contributed by atoms with Crippen LogP contribution in [0.4, 0.5) is 0 Å². The third kappa shape index (κ3) is 7.14. The molecule has 2 fully saturated rings. The fourth-order valence-electron chi connectivity index (χ4n) is 8.74. The molecule has 0 N–H and O–H groups in total. The predicted molar refractivity (Wildman–Crippen MR) is 230 cm³/mol. The first-order valence-corrected chi connectivity index (χ1v) is 19.2. The Balaban J connectivity index is 0.000000170. The first-order chi connectivity index (χ1) is 30.3. The second-order valence-corrected chi connectivity index (χ2v) is 14.9. The molecule has 2 bridgehead atoms. The number of furan rings is 1. The van der Waals surface area contributed by atoms with Gasteiger partial charge in [-0.25, -0.2) is 0 Å². The smallest absolute Gasteiger partial charge is 0.128 e. The van der Waals surface area contributed by atoms with E-state index in [4.69, 9.17) is 17.6 Å². The van der Waals surface area contributed by atoms with Crippen molar-refractivity contribution in [2.24, 2.45) is 11.8 Å². The van der Waals surface area contributed by atoms with Crippen LogP contribution < -0.4 is 0 Å². The standard InChI is InChI=1S/C34H26NO.C19H16N.Ir/c1-2-5-27-23(4-1)14-15-29-28-6-3-7-30(34(28)36-33(27)29)32-20-25(16-17-35-32)22-10-12-24(13-11-22)31-19-21-8-9-26(31)18-21;1-14-8-11-19(20-13-14)17-10-9-15(2)18(12-17)16-6-4-3-5-7-16;/h1-6,10-17,20-21,26,31H,8-9,18-19H2;3-9,11-13H,1-2H3;/q2*-1;/i31D;1D3,2D3;. The van der Waals surface area contributed by atoms with Crippen molar-refractivity contribution in [2.45, 2.75) is 45.3 Å². The second kappa shape index (κ2) is 15.7. The van der Waals surface area contributed by atoms with Crippen molar-refractivity contribution in [3.8, 4) is 44.8 Å². The van der Waals surface area contributed by atoms with Crippen molar-refractivity contribution in [3.05, 3.63) is 181 Å². The molecular weight excluding hydrogens is 873 g/mol. The number of hydrogen-bond donors (Lipinski definition) is 0. The quantitative estimate of drug-likeness (QED) is 0.161. The van der Waals surface area contributed by atoms with Crippen LogP contribution >= 0.6 is 0 Å². The minimum atomic E-state index is -2.27. The molecule has 6 aromatic carbocycles. The summed E-state index contributed by atoms with van der Waals surface area (Å²) < 4.78 is 61.2. The van der Waals surface area contributed by atoms with Crippen molar-refractivity contribution in [1.82, 2.24) is 9.97 Å². The summed E-state index contributed by atoms with van der Waals surface area (Å²) in [5.41, 5.74) is 9.75. The molecule has 9 aromatic rings. The molecule has 0 spiro atoms. The molecule has 11 rings (SSSR count). The van der Waals surface area contributed by atoms with E-state index in [0.29, 0.717) is 22.7 Å². The van der Waals surface area contributed by atoms with Gasteiger partial charge in [0.05, 0.1) is 5.58 Å². The van der Waals surface area contributed by atoms with E-state index in [0.717, 1.165) is 67.6 Å². The van der Waals surface area contributed by atoms with E-state index in [9.17, 15) is 1.37 Å². The molecule has 2 aliphatic carbocycles. The summed E-state index contributed by atoms with van der Waals surface area (Å²) in [5.74, 6) is 0.869. The Bertz CT molecular complexity index is 3130. The van der Waals surface area contributed by atoms with Crippen molar-refractivity contribution < 1.29 is 34.1 Å². The first kappa shape index (κ1) is 29.6. The molecular formula is C53H42IrN2O-2. The van der Waals surface area contributed by atoms with Gasteiger partial charge in [-0.3, -0.25) is 0 Å². The number of rotatable bonds is 5. The maximum Gasteiger partial charge on any atom is 0.128 e. The van der Waals surface area contributed by atoms with Gasteiger partial charge < -0.3 is 14.4 Å². The van der Waals surface area contributed by atoms with Gasteiger partial charge in [0, 0.05) is 52.9 Å². The van der Waals surface area contributed by atoms with Gasteiger partial charge in [-0.2, -0.15) is 0 Å². The van der Waals surface area contributed by atoms with Gasteiger partial charge >= 0.3 is 0 Å². The van der Waals surface area contributed by atoms with Crippen LogP contribution in [-0.2, 0) is 20.1 Å². The molecule has 1 radical (unpaired) electrons. The molecule has 3 atom stereocenters. The molecule has 281 valence electrons. The number of pyridine rings is 2. The van der Waals surface area contributed by atoms with Crippen LogP contribution in [0.2, 0.25) is 0 Å². The Hall–Kier alpha value is -5.67. The third-order valence-electron chi connectivity index (χ3n) is 11.5. The minimum Gasteiger partial charge on any atom is -0.500 e. The van der Waals surface area contributed by atoms with Gasteiger partial charge in [-0.05, 0) is 94.5 Å². The van der Waals surface area contributed by atoms with E-state index in [2.05, 4.69) is 96.0 Å². The van der Waals surface area contributed by atoms with E-state index in [-0.39, 0.29) is 31.2 Å². The van der Waals surface area contributed by atoms with E-state index in [1.54, 1.807) is 12.1 Å². The van der Waals surface area contributed by atoms with Gasteiger partial charge in [-0.15, -0.1) is 47.5 Å². The molecule has 3 nitrogen and oxygen atoms in total. The summed E-state index contributed by atoms with van der Waals surface area (Å²) >= 11 is 0. The van der Waals surface area contributed by atoms with Gasteiger partial charge in [0.2, 0.25) is 0 Å². The average molecular weight is 922 g/mol. The molecule has 2 saturated carbocycles. The fourth-order valence-corrected chi connectivity index (χ4v) is 8.74. The topological polar surface area (TPSA) is 38.9 Å².